The molecule has 1 aromatic heterocycles. The third-order valence-electron chi connectivity index (χ3n) is 1.85. The van der Waals surface area contributed by atoms with Crippen molar-refractivity contribution in [1.29, 1.82) is 0 Å². The van der Waals surface area contributed by atoms with Crippen molar-refractivity contribution in [2.45, 2.75) is 46.1 Å². The molecule has 0 amide bonds. The highest BCUT2D eigenvalue weighted by atomic mass is 32.1. The highest BCUT2D eigenvalue weighted by molar-refractivity contribution is 7.12. The first-order valence-electron chi connectivity index (χ1n) is 4.48. The Morgan fingerprint density at radius 3 is 2.15 bits per heavy atom. The van der Waals surface area contributed by atoms with Crippen molar-refractivity contribution in [3.63, 3.8) is 0 Å². The van der Waals surface area contributed by atoms with Gasteiger partial charge in [-0.2, -0.15) is 0 Å². The second-order valence-corrected chi connectivity index (χ2v) is 5.42. The van der Waals surface area contributed by atoms with E-state index in [4.69, 9.17) is 0 Å². The van der Waals surface area contributed by atoms with Gasteiger partial charge in [0.1, 0.15) is 11.1 Å². The van der Waals surface area contributed by atoms with Crippen molar-refractivity contribution in [2.24, 2.45) is 0 Å². The summed E-state index contributed by atoms with van der Waals surface area (Å²) in [6.45, 7) is 10.3. The standard InChI is InChI=1S/C10H17NOS/c1-6-8(10(3,4)5)13-9(11-6)7(2)12/h7,12H,1-5H3. The van der Waals surface area contributed by atoms with E-state index in [1.54, 1.807) is 18.3 Å². The topological polar surface area (TPSA) is 33.1 Å². The molecule has 1 aromatic rings. The first-order chi connectivity index (χ1) is 5.82. The van der Waals surface area contributed by atoms with Gasteiger partial charge in [0.15, 0.2) is 0 Å². The average molecular weight is 199 g/mol. The van der Waals surface area contributed by atoms with Crippen LogP contribution in [0.3, 0.4) is 0 Å². The van der Waals surface area contributed by atoms with Crippen molar-refractivity contribution in [2.75, 3.05) is 0 Å². The quantitative estimate of drug-likeness (QED) is 0.754. The van der Waals surface area contributed by atoms with Gasteiger partial charge in [0.2, 0.25) is 0 Å². The molecule has 74 valence electrons. The summed E-state index contributed by atoms with van der Waals surface area (Å²) in [6.07, 6.45) is -0.445. The molecule has 3 heteroatoms. The van der Waals surface area contributed by atoms with Gasteiger partial charge in [-0.05, 0) is 19.3 Å². The smallest absolute Gasteiger partial charge is 0.121 e. The maximum atomic E-state index is 9.38. The Kier molecular flexibility index (Phi) is 2.78. The third kappa shape index (κ3) is 2.29. The van der Waals surface area contributed by atoms with Gasteiger partial charge in [-0.1, -0.05) is 20.8 Å². The van der Waals surface area contributed by atoms with Crippen LogP contribution in [0.4, 0.5) is 0 Å². The Morgan fingerprint density at radius 1 is 1.38 bits per heavy atom. The van der Waals surface area contributed by atoms with Gasteiger partial charge in [0.05, 0.1) is 5.69 Å². The third-order valence-corrected chi connectivity index (χ3v) is 3.61. The normalized spacial score (nSPS) is 14.6. The fraction of sp³-hybridized carbons (Fsp3) is 0.700. The summed E-state index contributed by atoms with van der Waals surface area (Å²) in [6, 6.07) is 0. The van der Waals surface area contributed by atoms with Crippen LogP contribution >= 0.6 is 11.3 Å². The highest BCUT2D eigenvalue weighted by Crippen LogP contribution is 2.33. The van der Waals surface area contributed by atoms with Gasteiger partial charge in [-0.3, -0.25) is 0 Å². The van der Waals surface area contributed by atoms with E-state index in [-0.39, 0.29) is 5.41 Å². The Morgan fingerprint density at radius 2 is 1.92 bits per heavy atom. The van der Waals surface area contributed by atoms with E-state index in [1.807, 2.05) is 6.92 Å². The van der Waals surface area contributed by atoms with E-state index < -0.39 is 6.10 Å². The number of aromatic nitrogens is 1. The van der Waals surface area contributed by atoms with Gasteiger partial charge in [0, 0.05) is 4.88 Å². The summed E-state index contributed by atoms with van der Waals surface area (Å²) >= 11 is 1.61. The fourth-order valence-corrected chi connectivity index (χ4v) is 2.35. The number of nitrogens with zero attached hydrogens (tertiary/aromatic N) is 1. The highest BCUT2D eigenvalue weighted by Gasteiger charge is 2.21. The molecule has 0 saturated heterocycles. The average Bonchev–Trinajstić information content (AvgIpc) is 2.29. The van der Waals surface area contributed by atoms with Crippen LogP contribution < -0.4 is 0 Å². The van der Waals surface area contributed by atoms with Crippen LogP contribution in [-0.2, 0) is 5.41 Å². The molecule has 1 N–H and O–H groups in total. The lowest BCUT2D eigenvalue weighted by atomic mass is 9.93. The van der Waals surface area contributed by atoms with Crippen molar-refractivity contribution in [3.05, 3.63) is 15.6 Å². The van der Waals surface area contributed by atoms with Crippen LogP contribution in [-0.4, -0.2) is 10.1 Å². The number of aliphatic hydroxyl groups is 1. The zero-order valence-corrected chi connectivity index (χ0v) is 9.70. The minimum absolute atomic E-state index is 0.134. The predicted molar refractivity (Wildman–Crippen MR) is 56.2 cm³/mol. The lowest BCUT2D eigenvalue weighted by Gasteiger charge is -2.16. The molecule has 0 aliphatic heterocycles. The molecule has 0 aliphatic carbocycles. The van der Waals surface area contributed by atoms with Crippen LogP contribution in [0.5, 0.6) is 0 Å². The monoisotopic (exact) mass is 199 g/mol. The largest absolute Gasteiger partial charge is 0.386 e. The van der Waals surface area contributed by atoms with E-state index in [0.717, 1.165) is 10.7 Å². The van der Waals surface area contributed by atoms with Crippen molar-refractivity contribution in [1.82, 2.24) is 4.98 Å². The van der Waals surface area contributed by atoms with Crippen molar-refractivity contribution in [3.8, 4) is 0 Å². The second kappa shape index (κ2) is 3.39. The van der Waals surface area contributed by atoms with E-state index in [9.17, 15) is 5.11 Å². The molecule has 1 heterocycles. The molecule has 13 heavy (non-hydrogen) atoms. The molecule has 0 spiro atoms. The summed E-state index contributed by atoms with van der Waals surface area (Å²) in [5.74, 6) is 0. The Balaban J connectivity index is 3.11. The molecule has 1 unspecified atom stereocenters. The van der Waals surface area contributed by atoms with Gasteiger partial charge in [-0.15, -0.1) is 11.3 Å². The second-order valence-electron chi connectivity index (χ2n) is 4.39. The Hall–Kier alpha value is -0.410. The minimum Gasteiger partial charge on any atom is -0.386 e. The summed E-state index contributed by atoms with van der Waals surface area (Å²) in [5, 5.41) is 10.2. The van der Waals surface area contributed by atoms with Crippen LogP contribution in [0.2, 0.25) is 0 Å². The van der Waals surface area contributed by atoms with Gasteiger partial charge in [0.25, 0.3) is 0 Å². The van der Waals surface area contributed by atoms with Crippen molar-refractivity contribution < 1.29 is 5.11 Å². The maximum absolute atomic E-state index is 9.38. The molecular weight excluding hydrogens is 182 g/mol. The summed E-state index contributed by atoms with van der Waals surface area (Å²) in [5.41, 5.74) is 1.18. The van der Waals surface area contributed by atoms with Crippen LogP contribution in [0.25, 0.3) is 0 Å². The number of aryl methyl sites for hydroxylation is 1. The van der Waals surface area contributed by atoms with Gasteiger partial charge < -0.3 is 5.11 Å². The first kappa shape index (κ1) is 10.7. The lowest BCUT2D eigenvalue weighted by molar-refractivity contribution is 0.198. The Labute approximate surface area is 83.6 Å². The SMILES string of the molecule is Cc1nc(C(C)O)sc1C(C)(C)C. The molecule has 0 aromatic carbocycles. The van der Waals surface area contributed by atoms with E-state index in [0.29, 0.717) is 0 Å². The van der Waals surface area contributed by atoms with Crippen molar-refractivity contribution >= 4 is 11.3 Å². The van der Waals surface area contributed by atoms with Crippen LogP contribution in [0, 0.1) is 6.92 Å². The molecule has 1 atom stereocenters. The minimum atomic E-state index is -0.445. The van der Waals surface area contributed by atoms with Crippen LogP contribution in [0.1, 0.15) is 49.4 Å². The molecule has 0 aliphatic rings. The van der Waals surface area contributed by atoms with E-state index in [1.165, 1.54) is 4.88 Å². The Bertz CT molecular complexity index is 296. The molecule has 0 saturated carbocycles. The molecule has 0 bridgehead atoms. The van der Waals surface area contributed by atoms with E-state index in [2.05, 4.69) is 25.8 Å². The lowest BCUT2D eigenvalue weighted by Crippen LogP contribution is -2.10. The van der Waals surface area contributed by atoms with E-state index >= 15 is 0 Å². The predicted octanol–water partition coefficient (Wildman–Crippen LogP) is 2.80. The zero-order valence-electron chi connectivity index (χ0n) is 8.88. The number of hydrogen-bond acceptors (Lipinski definition) is 3. The molecule has 2 nitrogen and oxygen atoms in total. The van der Waals surface area contributed by atoms with Gasteiger partial charge in [-0.25, -0.2) is 4.98 Å². The summed E-state index contributed by atoms with van der Waals surface area (Å²) < 4.78 is 0. The number of hydrogen-bond donors (Lipinski definition) is 1. The van der Waals surface area contributed by atoms with Gasteiger partial charge >= 0.3 is 0 Å². The maximum Gasteiger partial charge on any atom is 0.121 e. The number of rotatable bonds is 1. The first-order valence-corrected chi connectivity index (χ1v) is 5.30. The zero-order chi connectivity index (χ0) is 10.2. The molecular formula is C10H17NOS. The summed E-state index contributed by atoms with van der Waals surface area (Å²) in [7, 11) is 0. The van der Waals surface area contributed by atoms with Crippen LogP contribution in [0.15, 0.2) is 0 Å². The summed E-state index contributed by atoms with van der Waals surface area (Å²) in [4.78, 5) is 5.61. The fourth-order valence-electron chi connectivity index (χ4n) is 1.29. The molecule has 1 rings (SSSR count). The number of aliphatic hydroxyl groups excluding tert-OH is 1. The molecule has 0 radical (unpaired) electrons. The number of thiazole rings is 1. The molecule has 0 fully saturated rings.